The van der Waals surface area contributed by atoms with Crippen LogP contribution < -0.4 is 5.49 Å². The maximum atomic E-state index is 8.72. The molecule has 1 N–H and O–H groups in total. The number of nitrogens with zero attached hydrogens (tertiary/aromatic N) is 1. The molecule has 0 fully saturated rings. The number of nitrogens with one attached hydrogen (secondary N) is 1. The van der Waals surface area contributed by atoms with Gasteiger partial charge in [-0.2, -0.15) is 0 Å². The van der Waals surface area contributed by atoms with Gasteiger partial charge in [0.05, 0.1) is 0 Å². The Kier molecular flexibility index (Phi) is 3.15. The summed E-state index contributed by atoms with van der Waals surface area (Å²) < 4.78 is 2.16. The monoisotopic (exact) mass is 286 g/mol. The van der Waals surface area contributed by atoms with Crippen LogP contribution in [0.3, 0.4) is 0 Å². The van der Waals surface area contributed by atoms with Crippen LogP contribution in [0.4, 0.5) is 0 Å². The van der Waals surface area contributed by atoms with Crippen molar-refractivity contribution in [2.75, 3.05) is 0 Å². The highest BCUT2D eigenvalue weighted by Gasteiger charge is 2.18. The molecule has 22 heavy (non-hydrogen) atoms. The predicted molar refractivity (Wildman–Crippen MR) is 89.5 cm³/mol. The molecule has 1 aromatic heterocycles. The quantitative estimate of drug-likeness (QED) is 0.730. The first-order chi connectivity index (χ1) is 10.8. The molecular weight excluding hydrogens is 268 g/mol. The second kappa shape index (κ2) is 5.30. The molecule has 0 atom stereocenters. The largest absolute Gasteiger partial charge is 0.330 e. The molecule has 0 amide bonds. The first-order valence-corrected chi connectivity index (χ1v) is 7.77. The van der Waals surface area contributed by atoms with Crippen LogP contribution in [0, 0.1) is 5.41 Å². The minimum absolute atomic E-state index is 0.639. The zero-order valence-corrected chi connectivity index (χ0v) is 12.4. The Hall–Kier alpha value is -2.61. The van der Waals surface area contributed by atoms with Crippen LogP contribution in [0.2, 0.25) is 0 Å². The molecule has 2 nitrogen and oxygen atoms in total. The summed E-state index contributed by atoms with van der Waals surface area (Å²) in [6.07, 6.45) is 2.21. The summed E-state index contributed by atoms with van der Waals surface area (Å²) in [5.74, 6) is 0. The van der Waals surface area contributed by atoms with Crippen molar-refractivity contribution in [2.24, 2.45) is 0 Å². The van der Waals surface area contributed by atoms with Crippen LogP contribution in [0.15, 0.2) is 66.7 Å². The minimum Gasteiger partial charge on any atom is -0.330 e. The Morgan fingerprint density at radius 2 is 1.45 bits per heavy atom. The third-order valence-electron chi connectivity index (χ3n) is 4.40. The average molecular weight is 286 g/mol. The number of aromatic nitrogens is 1. The molecule has 0 bridgehead atoms. The molecule has 0 radical (unpaired) electrons. The Morgan fingerprint density at radius 1 is 0.818 bits per heavy atom. The van der Waals surface area contributed by atoms with E-state index in [1.807, 2.05) is 24.3 Å². The molecule has 2 heterocycles. The minimum atomic E-state index is 0.639. The summed E-state index contributed by atoms with van der Waals surface area (Å²) in [6.45, 7) is 0.961. The highest BCUT2D eigenvalue weighted by Crippen LogP contribution is 2.31. The van der Waals surface area contributed by atoms with Gasteiger partial charge in [-0.05, 0) is 35.6 Å². The fraction of sp³-hybridized carbons (Fsp3) is 0.150. The molecule has 1 aliphatic heterocycles. The van der Waals surface area contributed by atoms with E-state index in [2.05, 4.69) is 47.0 Å². The molecule has 0 unspecified atom stereocenters. The van der Waals surface area contributed by atoms with Gasteiger partial charge in [-0.3, -0.25) is 5.41 Å². The summed E-state index contributed by atoms with van der Waals surface area (Å²) in [5, 5.41) is 8.72. The highest BCUT2D eigenvalue weighted by atomic mass is 15.0. The molecule has 0 spiro atoms. The van der Waals surface area contributed by atoms with E-state index in [4.69, 9.17) is 5.41 Å². The predicted octanol–water partition coefficient (Wildman–Crippen LogP) is 4.25. The molecule has 0 saturated heterocycles. The van der Waals surface area contributed by atoms with Gasteiger partial charge in [0.1, 0.15) is 5.49 Å². The normalized spacial score (nSPS) is 13.1. The molecule has 4 rings (SSSR count). The van der Waals surface area contributed by atoms with Gasteiger partial charge in [0.25, 0.3) is 0 Å². The lowest BCUT2D eigenvalue weighted by molar-refractivity contribution is 0.702. The van der Waals surface area contributed by atoms with Gasteiger partial charge in [-0.25, -0.2) is 0 Å². The van der Waals surface area contributed by atoms with Gasteiger partial charge in [0, 0.05) is 17.8 Å². The van der Waals surface area contributed by atoms with Crippen LogP contribution in [-0.2, 0) is 13.0 Å². The first kappa shape index (κ1) is 13.1. The summed E-state index contributed by atoms with van der Waals surface area (Å²) in [4.78, 5) is 0. The SMILES string of the molecule is N=c1c(-c2ccccc2)c(-c2ccccc2)cc2n1CCC2. The van der Waals surface area contributed by atoms with Crippen molar-refractivity contribution < 1.29 is 0 Å². The summed E-state index contributed by atoms with van der Waals surface area (Å²) >= 11 is 0. The fourth-order valence-corrected chi connectivity index (χ4v) is 3.35. The Labute approximate surface area is 130 Å². The lowest BCUT2D eigenvalue weighted by Gasteiger charge is -2.15. The smallest absolute Gasteiger partial charge is 0.133 e. The number of fused-ring (bicyclic) bond motifs is 1. The third kappa shape index (κ3) is 2.08. The number of benzene rings is 2. The maximum Gasteiger partial charge on any atom is 0.133 e. The van der Waals surface area contributed by atoms with E-state index >= 15 is 0 Å². The highest BCUT2D eigenvalue weighted by molar-refractivity contribution is 5.82. The van der Waals surface area contributed by atoms with Gasteiger partial charge in [0.2, 0.25) is 0 Å². The van der Waals surface area contributed by atoms with Gasteiger partial charge in [-0.1, -0.05) is 60.7 Å². The van der Waals surface area contributed by atoms with E-state index in [-0.39, 0.29) is 0 Å². The van der Waals surface area contributed by atoms with E-state index in [1.165, 1.54) is 16.8 Å². The maximum absolute atomic E-state index is 8.72. The van der Waals surface area contributed by atoms with Gasteiger partial charge >= 0.3 is 0 Å². The average Bonchev–Trinajstić information content (AvgIpc) is 3.05. The van der Waals surface area contributed by atoms with Crippen molar-refractivity contribution in [1.29, 1.82) is 5.41 Å². The van der Waals surface area contributed by atoms with Crippen LogP contribution in [0.1, 0.15) is 12.1 Å². The molecule has 2 aromatic carbocycles. The fourth-order valence-electron chi connectivity index (χ4n) is 3.35. The molecule has 2 heteroatoms. The van der Waals surface area contributed by atoms with Crippen molar-refractivity contribution >= 4 is 0 Å². The van der Waals surface area contributed by atoms with E-state index in [0.29, 0.717) is 5.49 Å². The third-order valence-corrected chi connectivity index (χ3v) is 4.40. The van der Waals surface area contributed by atoms with Crippen molar-refractivity contribution in [3.63, 3.8) is 0 Å². The number of pyridine rings is 1. The molecule has 108 valence electrons. The van der Waals surface area contributed by atoms with Crippen molar-refractivity contribution in [1.82, 2.24) is 4.57 Å². The standard InChI is InChI=1S/C20H18N2/c21-20-19(16-10-5-2-6-11-16)18(15-8-3-1-4-9-15)14-17-12-7-13-22(17)20/h1-6,8-11,14,21H,7,12-13H2. The Morgan fingerprint density at radius 3 is 2.14 bits per heavy atom. The van der Waals surface area contributed by atoms with Crippen LogP contribution in [-0.4, -0.2) is 4.57 Å². The molecular formula is C20H18N2. The van der Waals surface area contributed by atoms with E-state index in [0.717, 1.165) is 30.5 Å². The van der Waals surface area contributed by atoms with Crippen LogP contribution in [0.5, 0.6) is 0 Å². The Bertz CT molecular complexity index is 861. The number of hydrogen-bond acceptors (Lipinski definition) is 1. The lowest BCUT2D eigenvalue weighted by Crippen LogP contribution is -2.22. The number of hydrogen-bond donors (Lipinski definition) is 1. The Balaban J connectivity index is 2.05. The second-order valence-electron chi connectivity index (χ2n) is 5.76. The van der Waals surface area contributed by atoms with E-state index in [9.17, 15) is 0 Å². The zero-order chi connectivity index (χ0) is 14.9. The van der Waals surface area contributed by atoms with Crippen molar-refractivity contribution in [3.8, 4) is 22.3 Å². The lowest BCUT2D eigenvalue weighted by atomic mass is 9.95. The van der Waals surface area contributed by atoms with Gasteiger partial charge in [-0.15, -0.1) is 0 Å². The van der Waals surface area contributed by atoms with Gasteiger partial charge in [0.15, 0.2) is 0 Å². The van der Waals surface area contributed by atoms with Crippen molar-refractivity contribution in [2.45, 2.75) is 19.4 Å². The van der Waals surface area contributed by atoms with Crippen LogP contribution in [0.25, 0.3) is 22.3 Å². The molecule has 0 saturated carbocycles. The van der Waals surface area contributed by atoms with Gasteiger partial charge < -0.3 is 4.57 Å². The molecule has 1 aliphatic rings. The van der Waals surface area contributed by atoms with Crippen LogP contribution >= 0.6 is 0 Å². The summed E-state index contributed by atoms with van der Waals surface area (Å²) in [5.41, 5.74) is 6.43. The van der Waals surface area contributed by atoms with Crippen molar-refractivity contribution in [3.05, 3.63) is 77.9 Å². The molecule has 3 aromatic rings. The summed E-state index contributed by atoms with van der Waals surface area (Å²) in [6, 6.07) is 23.0. The number of rotatable bonds is 2. The topological polar surface area (TPSA) is 28.8 Å². The zero-order valence-electron chi connectivity index (χ0n) is 12.4. The first-order valence-electron chi connectivity index (χ1n) is 7.77. The summed E-state index contributed by atoms with van der Waals surface area (Å²) in [7, 11) is 0. The second-order valence-corrected chi connectivity index (χ2v) is 5.76. The number of aryl methyl sites for hydroxylation is 1. The molecule has 0 aliphatic carbocycles. The van der Waals surface area contributed by atoms with E-state index in [1.54, 1.807) is 0 Å². The van der Waals surface area contributed by atoms with E-state index < -0.39 is 0 Å².